The van der Waals surface area contributed by atoms with Gasteiger partial charge in [-0.25, -0.2) is 0 Å². The second-order valence-corrected chi connectivity index (χ2v) is 5.10. The van der Waals surface area contributed by atoms with Gasteiger partial charge in [-0.15, -0.1) is 0 Å². The van der Waals surface area contributed by atoms with Gasteiger partial charge in [-0.2, -0.15) is 10.4 Å². The molecule has 0 spiro atoms. The number of nitrogens with zero attached hydrogens (tertiary/aromatic N) is 3. The predicted molar refractivity (Wildman–Crippen MR) is 81.4 cm³/mol. The molecule has 2 rings (SSSR count). The molecule has 0 aliphatic carbocycles. The minimum Gasteiger partial charge on any atom is -0.444 e. The van der Waals surface area contributed by atoms with Crippen molar-refractivity contribution in [1.82, 2.24) is 15.1 Å². The summed E-state index contributed by atoms with van der Waals surface area (Å²) in [5.41, 5.74) is 2.23. The lowest BCUT2D eigenvalue weighted by Crippen LogP contribution is -2.30. The number of furan rings is 1. The van der Waals surface area contributed by atoms with Gasteiger partial charge in [-0.3, -0.25) is 14.8 Å². The van der Waals surface area contributed by atoms with Crippen LogP contribution in [0.3, 0.4) is 0 Å². The molecule has 7 heteroatoms. The number of carbonyl (C=O) groups excluding carboxylic acids is 1. The standard InChI is InChI=1S/C15H19N5O2/c1-10-7-18-20(9-10)5-4-17-8-14(21)19-15-13(6-16)11(2)12(3)22-15/h7,9,17H,4-5,8H2,1-3H3,(H,19,21). The third-order valence-corrected chi connectivity index (χ3v) is 3.32. The lowest BCUT2D eigenvalue weighted by atomic mass is 10.2. The largest absolute Gasteiger partial charge is 0.444 e. The van der Waals surface area contributed by atoms with Crippen LogP contribution in [0.25, 0.3) is 0 Å². The molecular weight excluding hydrogens is 282 g/mol. The molecule has 0 aliphatic heterocycles. The zero-order chi connectivity index (χ0) is 16.1. The van der Waals surface area contributed by atoms with E-state index in [4.69, 9.17) is 9.68 Å². The third kappa shape index (κ3) is 3.74. The van der Waals surface area contributed by atoms with E-state index in [0.717, 1.165) is 11.1 Å². The van der Waals surface area contributed by atoms with Crippen molar-refractivity contribution in [2.45, 2.75) is 27.3 Å². The molecule has 2 aromatic heterocycles. The van der Waals surface area contributed by atoms with Crippen LogP contribution in [0.2, 0.25) is 0 Å². The summed E-state index contributed by atoms with van der Waals surface area (Å²) >= 11 is 0. The van der Waals surface area contributed by atoms with E-state index in [2.05, 4.69) is 15.7 Å². The van der Waals surface area contributed by atoms with Crippen LogP contribution in [-0.4, -0.2) is 28.8 Å². The first-order valence-electron chi connectivity index (χ1n) is 7.01. The van der Waals surface area contributed by atoms with E-state index >= 15 is 0 Å². The van der Waals surface area contributed by atoms with E-state index in [1.54, 1.807) is 20.0 Å². The maximum absolute atomic E-state index is 11.9. The summed E-state index contributed by atoms with van der Waals surface area (Å²) < 4.78 is 7.20. The number of amides is 1. The van der Waals surface area contributed by atoms with Crippen molar-refractivity contribution in [3.05, 3.63) is 34.8 Å². The highest BCUT2D eigenvalue weighted by Crippen LogP contribution is 2.24. The Bertz CT molecular complexity index is 708. The van der Waals surface area contributed by atoms with E-state index < -0.39 is 0 Å². The van der Waals surface area contributed by atoms with Crippen LogP contribution in [-0.2, 0) is 11.3 Å². The smallest absolute Gasteiger partial charge is 0.240 e. The van der Waals surface area contributed by atoms with Gasteiger partial charge in [0, 0.05) is 18.3 Å². The van der Waals surface area contributed by atoms with Crippen LogP contribution in [0.4, 0.5) is 5.88 Å². The second kappa shape index (κ2) is 6.91. The Balaban J connectivity index is 1.79. The quantitative estimate of drug-likeness (QED) is 0.788. The molecule has 0 fully saturated rings. The zero-order valence-electron chi connectivity index (χ0n) is 12.9. The van der Waals surface area contributed by atoms with Gasteiger partial charge < -0.3 is 9.73 Å². The maximum Gasteiger partial charge on any atom is 0.240 e. The van der Waals surface area contributed by atoms with Crippen molar-refractivity contribution >= 4 is 11.8 Å². The highest BCUT2D eigenvalue weighted by atomic mass is 16.4. The van der Waals surface area contributed by atoms with Crippen LogP contribution >= 0.6 is 0 Å². The Morgan fingerprint density at radius 1 is 1.45 bits per heavy atom. The van der Waals surface area contributed by atoms with Gasteiger partial charge in [0.2, 0.25) is 11.8 Å². The maximum atomic E-state index is 11.9. The number of nitriles is 1. The monoisotopic (exact) mass is 301 g/mol. The molecule has 0 aliphatic rings. The molecule has 0 radical (unpaired) electrons. The van der Waals surface area contributed by atoms with Crippen molar-refractivity contribution in [3.8, 4) is 6.07 Å². The lowest BCUT2D eigenvalue weighted by Gasteiger charge is -2.05. The molecule has 0 aromatic carbocycles. The van der Waals surface area contributed by atoms with Crippen molar-refractivity contribution in [1.29, 1.82) is 5.26 Å². The zero-order valence-corrected chi connectivity index (χ0v) is 12.9. The fourth-order valence-corrected chi connectivity index (χ4v) is 2.01. The van der Waals surface area contributed by atoms with Gasteiger partial charge in [0.05, 0.1) is 19.3 Å². The lowest BCUT2D eigenvalue weighted by molar-refractivity contribution is -0.115. The number of aromatic nitrogens is 2. The summed E-state index contributed by atoms with van der Waals surface area (Å²) in [7, 11) is 0. The third-order valence-electron chi connectivity index (χ3n) is 3.32. The van der Waals surface area contributed by atoms with Crippen LogP contribution in [0.1, 0.15) is 22.5 Å². The summed E-state index contributed by atoms with van der Waals surface area (Å²) in [6.07, 6.45) is 3.73. The van der Waals surface area contributed by atoms with Gasteiger partial charge in [0.15, 0.2) is 0 Å². The summed E-state index contributed by atoms with van der Waals surface area (Å²) in [4.78, 5) is 11.9. The molecule has 0 saturated heterocycles. The van der Waals surface area contributed by atoms with E-state index in [0.29, 0.717) is 24.4 Å². The van der Waals surface area contributed by atoms with Crippen LogP contribution in [0, 0.1) is 32.1 Å². The number of hydrogen-bond donors (Lipinski definition) is 2. The molecule has 22 heavy (non-hydrogen) atoms. The number of aryl methyl sites for hydroxylation is 2. The van der Waals surface area contributed by atoms with Crippen LogP contribution in [0.15, 0.2) is 16.8 Å². The van der Waals surface area contributed by atoms with Crippen molar-refractivity contribution < 1.29 is 9.21 Å². The second-order valence-electron chi connectivity index (χ2n) is 5.10. The summed E-state index contributed by atoms with van der Waals surface area (Å²) in [6, 6.07) is 2.04. The minimum absolute atomic E-state index is 0.143. The Labute approximate surface area is 128 Å². The van der Waals surface area contributed by atoms with Crippen molar-refractivity contribution in [3.63, 3.8) is 0 Å². The van der Waals surface area contributed by atoms with Gasteiger partial charge in [0.25, 0.3) is 0 Å². The number of nitrogens with one attached hydrogen (secondary N) is 2. The van der Waals surface area contributed by atoms with Gasteiger partial charge in [0.1, 0.15) is 17.4 Å². The van der Waals surface area contributed by atoms with Crippen LogP contribution < -0.4 is 10.6 Å². The molecule has 2 N–H and O–H groups in total. The first-order valence-corrected chi connectivity index (χ1v) is 7.01. The fraction of sp³-hybridized carbons (Fsp3) is 0.400. The number of carbonyl (C=O) groups is 1. The van der Waals surface area contributed by atoms with Gasteiger partial charge in [-0.1, -0.05) is 0 Å². The molecular formula is C15H19N5O2. The van der Waals surface area contributed by atoms with E-state index in [9.17, 15) is 4.79 Å². The molecule has 0 saturated carbocycles. The number of anilines is 1. The molecule has 1 amide bonds. The normalized spacial score (nSPS) is 10.5. The van der Waals surface area contributed by atoms with E-state index in [1.807, 2.05) is 23.9 Å². The average molecular weight is 301 g/mol. The first-order chi connectivity index (χ1) is 10.5. The Morgan fingerprint density at radius 3 is 2.86 bits per heavy atom. The van der Waals surface area contributed by atoms with E-state index in [-0.39, 0.29) is 18.3 Å². The molecule has 116 valence electrons. The molecule has 0 unspecified atom stereocenters. The summed E-state index contributed by atoms with van der Waals surface area (Å²) in [5, 5.41) is 18.9. The first kappa shape index (κ1) is 15.8. The van der Waals surface area contributed by atoms with Gasteiger partial charge in [-0.05, 0) is 26.3 Å². The molecule has 0 bridgehead atoms. The SMILES string of the molecule is Cc1cnn(CCNCC(=O)Nc2oc(C)c(C)c2C#N)c1. The highest BCUT2D eigenvalue weighted by molar-refractivity contribution is 5.92. The highest BCUT2D eigenvalue weighted by Gasteiger charge is 2.16. The Morgan fingerprint density at radius 2 is 2.23 bits per heavy atom. The fourth-order valence-electron chi connectivity index (χ4n) is 2.01. The predicted octanol–water partition coefficient (Wildman–Crippen LogP) is 1.50. The molecule has 2 aromatic rings. The Kier molecular flexibility index (Phi) is 4.96. The topological polar surface area (TPSA) is 95.9 Å². The number of rotatable bonds is 6. The van der Waals surface area contributed by atoms with Crippen LogP contribution in [0.5, 0.6) is 0 Å². The summed E-state index contributed by atoms with van der Waals surface area (Å²) in [6.45, 7) is 6.97. The number of hydrogen-bond acceptors (Lipinski definition) is 5. The Hall–Kier alpha value is -2.59. The van der Waals surface area contributed by atoms with Crippen molar-refractivity contribution in [2.24, 2.45) is 0 Å². The molecule has 2 heterocycles. The molecule has 0 atom stereocenters. The van der Waals surface area contributed by atoms with Crippen molar-refractivity contribution in [2.75, 3.05) is 18.4 Å². The minimum atomic E-state index is -0.248. The summed E-state index contributed by atoms with van der Waals surface area (Å²) in [5.74, 6) is 0.600. The van der Waals surface area contributed by atoms with Gasteiger partial charge >= 0.3 is 0 Å². The van der Waals surface area contributed by atoms with E-state index in [1.165, 1.54) is 0 Å². The molecule has 7 nitrogen and oxygen atoms in total. The average Bonchev–Trinajstić information content (AvgIpc) is 3.00.